The largest absolute Gasteiger partial charge is 0.298 e. The molecular formula is C16H19N3O3. The van der Waals surface area contributed by atoms with Gasteiger partial charge in [0.1, 0.15) is 11.2 Å². The van der Waals surface area contributed by atoms with Crippen LogP contribution in [-0.2, 0) is 9.59 Å². The van der Waals surface area contributed by atoms with E-state index in [0.29, 0.717) is 18.4 Å². The average Bonchev–Trinajstić information content (AvgIpc) is 2.88. The Hall–Kier alpha value is -2.24. The van der Waals surface area contributed by atoms with Crippen molar-refractivity contribution < 1.29 is 14.4 Å². The summed E-state index contributed by atoms with van der Waals surface area (Å²) in [5, 5.41) is 0. The van der Waals surface area contributed by atoms with E-state index in [1.54, 1.807) is 12.1 Å². The first-order chi connectivity index (χ1) is 10.4. The maximum Gasteiger partial charge on any atom is 0.269 e. The van der Waals surface area contributed by atoms with Crippen LogP contribution in [0.3, 0.4) is 0 Å². The number of ketones is 1. The standard InChI is InChI=1S/C16H19N3O3/c1-15(2)11-3-6-16(15,12(20)9-11)14(22)19-18-13(21)10-4-7-17-8-5-10/h4-5,7-8,11H,3,6,9H2,1-2H3,(H,18,21)(H,19,22). The van der Waals surface area contributed by atoms with Crippen LogP contribution < -0.4 is 10.9 Å². The number of hydrogen-bond acceptors (Lipinski definition) is 4. The molecule has 0 spiro atoms. The summed E-state index contributed by atoms with van der Waals surface area (Å²) in [5.41, 5.74) is 3.86. The minimum Gasteiger partial charge on any atom is -0.298 e. The van der Waals surface area contributed by atoms with Gasteiger partial charge in [-0.2, -0.15) is 0 Å². The molecule has 2 saturated carbocycles. The molecule has 3 rings (SSSR count). The van der Waals surface area contributed by atoms with Crippen molar-refractivity contribution >= 4 is 17.6 Å². The Bertz CT molecular complexity index is 641. The number of carbonyl (C=O) groups excluding carboxylic acids is 3. The summed E-state index contributed by atoms with van der Waals surface area (Å²) in [6.45, 7) is 3.94. The normalized spacial score (nSPS) is 28.5. The Morgan fingerprint density at radius 1 is 1.23 bits per heavy atom. The second kappa shape index (κ2) is 4.90. The van der Waals surface area contributed by atoms with Crippen molar-refractivity contribution in [2.24, 2.45) is 16.7 Å². The van der Waals surface area contributed by atoms with Gasteiger partial charge in [-0.3, -0.25) is 30.2 Å². The Kier molecular flexibility index (Phi) is 3.27. The number of amides is 2. The van der Waals surface area contributed by atoms with Gasteiger partial charge < -0.3 is 0 Å². The van der Waals surface area contributed by atoms with Crippen LogP contribution in [0.25, 0.3) is 0 Å². The van der Waals surface area contributed by atoms with Gasteiger partial charge in [0.25, 0.3) is 11.8 Å². The number of nitrogens with zero attached hydrogens (tertiary/aromatic N) is 1. The van der Waals surface area contributed by atoms with Crippen LogP contribution in [0, 0.1) is 16.7 Å². The van der Waals surface area contributed by atoms with Gasteiger partial charge in [-0.1, -0.05) is 13.8 Å². The first-order valence-electron chi connectivity index (χ1n) is 7.44. The Balaban J connectivity index is 1.73. The smallest absolute Gasteiger partial charge is 0.269 e. The highest BCUT2D eigenvalue weighted by Gasteiger charge is 2.68. The van der Waals surface area contributed by atoms with Crippen LogP contribution in [-0.4, -0.2) is 22.6 Å². The first-order valence-corrected chi connectivity index (χ1v) is 7.44. The van der Waals surface area contributed by atoms with Gasteiger partial charge in [0.2, 0.25) is 0 Å². The SMILES string of the molecule is CC1(C)C2CCC1(C(=O)NNC(=O)c1ccncc1)C(=O)C2. The highest BCUT2D eigenvalue weighted by atomic mass is 16.2. The van der Waals surface area contributed by atoms with Crippen LogP contribution in [0.15, 0.2) is 24.5 Å². The van der Waals surface area contributed by atoms with Crippen molar-refractivity contribution in [2.75, 3.05) is 0 Å². The van der Waals surface area contributed by atoms with E-state index in [0.717, 1.165) is 6.42 Å². The van der Waals surface area contributed by atoms with Gasteiger partial charge in [-0.05, 0) is 36.3 Å². The third-order valence-corrected chi connectivity index (χ3v) is 5.52. The zero-order valence-electron chi connectivity index (χ0n) is 12.7. The lowest BCUT2D eigenvalue weighted by molar-refractivity contribution is -0.145. The molecule has 6 nitrogen and oxygen atoms in total. The molecule has 1 aromatic heterocycles. The number of hydrogen-bond donors (Lipinski definition) is 2. The molecule has 2 N–H and O–H groups in total. The topological polar surface area (TPSA) is 88.2 Å². The van der Waals surface area contributed by atoms with Crippen LogP contribution in [0.4, 0.5) is 0 Å². The van der Waals surface area contributed by atoms with Gasteiger partial charge in [0, 0.05) is 24.4 Å². The molecule has 6 heteroatoms. The molecule has 1 aromatic rings. The van der Waals surface area contributed by atoms with E-state index in [4.69, 9.17) is 0 Å². The van der Waals surface area contributed by atoms with Crippen LogP contribution >= 0.6 is 0 Å². The van der Waals surface area contributed by atoms with Crippen molar-refractivity contribution in [1.82, 2.24) is 15.8 Å². The fraction of sp³-hybridized carbons (Fsp3) is 0.500. The summed E-state index contributed by atoms with van der Waals surface area (Å²) >= 11 is 0. The number of rotatable bonds is 2. The van der Waals surface area contributed by atoms with E-state index < -0.39 is 17.2 Å². The van der Waals surface area contributed by atoms with Crippen molar-refractivity contribution in [3.8, 4) is 0 Å². The highest BCUT2D eigenvalue weighted by molar-refractivity contribution is 6.10. The second-order valence-corrected chi connectivity index (χ2v) is 6.63. The molecule has 2 atom stereocenters. The lowest BCUT2D eigenvalue weighted by Crippen LogP contribution is -2.54. The van der Waals surface area contributed by atoms with Crippen LogP contribution in [0.1, 0.15) is 43.5 Å². The van der Waals surface area contributed by atoms with Crippen molar-refractivity contribution in [2.45, 2.75) is 33.1 Å². The fourth-order valence-electron chi connectivity index (χ4n) is 4.00. The highest BCUT2D eigenvalue weighted by Crippen LogP contribution is 2.63. The molecular weight excluding hydrogens is 282 g/mol. The maximum atomic E-state index is 12.6. The number of nitrogens with one attached hydrogen (secondary N) is 2. The minimum atomic E-state index is -1.01. The molecule has 2 aliphatic carbocycles. The summed E-state index contributed by atoms with van der Waals surface area (Å²) in [5.74, 6) is -0.582. The molecule has 2 amide bonds. The molecule has 2 aliphatic rings. The second-order valence-electron chi connectivity index (χ2n) is 6.63. The molecule has 116 valence electrons. The van der Waals surface area contributed by atoms with Crippen molar-refractivity contribution in [3.05, 3.63) is 30.1 Å². The van der Waals surface area contributed by atoms with Crippen molar-refractivity contribution in [3.63, 3.8) is 0 Å². The summed E-state index contributed by atoms with van der Waals surface area (Å²) in [6.07, 6.45) is 4.89. The Labute approximate surface area is 128 Å². The number of hydrazine groups is 1. The number of fused-ring (bicyclic) bond motifs is 2. The van der Waals surface area contributed by atoms with E-state index in [9.17, 15) is 14.4 Å². The van der Waals surface area contributed by atoms with Gasteiger partial charge in [-0.25, -0.2) is 0 Å². The van der Waals surface area contributed by atoms with Gasteiger partial charge in [0.05, 0.1) is 0 Å². The molecule has 0 radical (unpaired) electrons. The molecule has 0 aromatic carbocycles. The van der Waals surface area contributed by atoms with Gasteiger partial charge in [0.15, 0.2) is 0 Å². The van der Waals surface area contributed by atoms with Crippen LogP contribution in [0.5, 0.6) is 0 Å². The lowest BCUT2D eigenvalue weighted by atomic mass is 9.68. The molecule has 0 aliphatic heterocycles. The summed E-state index contributed by atoms with van der Waals surface area (Å²) < 4.78 is 0. The summed E-state index contributed by atoms with van der Waals surface area (Å²) in [7, 11) is 0. The third-order valence-electron chi connectivity index (χ3n) is 5.52. The zero-order chi connectivity index (χ0) is 16.0. The van der Waals surface area contributed by atoms with E-state index in [-0.39, 0.29) is 17.1 Å². The molecule has 2 unspecified atom stereocenters. The van der Waals surface area contributed by atoms with E-state index in [1.165, 1.54) is 12.4 Å². The van der Waals surface area contributed by atoms with E-state index >= 15 is 0 Å². The predicted molar refractivity (Wildman–Crippen MR) is 78.4 cm³/mol. The van der Waals surface area contributed by atoms with Crippen molar-refractivity contribution in [1.29, 1.82) is 0 Å². The average molecular weight is 301 g/mol. The summed E-state index contributed by atoms with van der Waals surface area (Å²) in [4.78, 5) is 40.8. The lowest BCUT2D eigenvalue weighted by Gasteiger charge is -2.34. The zero-order valence-corrected chi connectivity index (χ0v) is 12.7. The monoisotopic (exact) mass is 301 g/mol. The third kappa shape index (κ3) is 1.86. The molecule has 0 saturated heterocycles. The summed E-state index contributed by atoms with van der Waals surface area (Å²) in [6, 6.07) is 3.10. The molecule has 2 bridgehead atoms. The van der Waals surface area contributed by atoms with Gasteiger partial charge >= 0.3 is 0 Å². The van der Waals surface area contributed by atoms with Gasteiger partial charge in [-0.15, -0.1) is 0 Å². The van der Waals surface area contributed by atoms with E-state index in [2.05, 4.69) is 15.8 Å². The molecule has 2 fully saturated rings. The molecule has 1 heterocycles. The predicted octanol–water partition coefficient (Wildman–Crippen LogP) is 1.24. The minimum absolute atomic E-state index is 0.00981. The quantitative estimate of drug-likeness (QED) is 0.635. The Morgan fingerprint density at radius 3 is 2.45 bits per heavy atom. The number of aromatic nitrogens is 1. The fourth-order valence-corrected chi connectivity index (χ4v) is 4.00. The number of carbonyl (C=O) groups is 3. The first kappa shape index (κ1) is 14.7. The Morgan fingerprint density at radius 2 is 1.91 bits per heavy atom. The number of Topliss-reactive ketones (excluding diaryl/α,β-unsaturated/α-hetero) is 1. The number of pyridine rings is 1. The van der Waals surface area contributed by atoms with Crippen LogP contribution in [0.2, 0.25) is 0 Å². The molecule has 22 heavy (non-hydrogen) atoms. The maximum absolute atomic E-state index is 12.6. The van der Waals surface area contributed by atoms with E-state index in [1.807, 2.05) is 13.8 Å².